The first kappa shape index (κ1) is 19.5. The van der Waals surface area contributed by atoms with Gasteiger partial charge in [-0.15, -0.1) is 0 Å². The number of aliphatic carboxylic acids is 1. The van der Waals surface area contributed by atoms with Gasteiger partial charge >= 0.3 is 5.97 Å². The summed E-state index contributed by atoms with van der Waals surface area (Å²) >= 11 is 0. The first-order valence-corrected chi connectivity index (χ1v) is 10.7. The fourth-order valence-electron chi connectivity index (χ4n) is 5.34. The Morgan fingerprint density at radius 3 is 2.39 bits per heavy atom. The van der Waals surface area contributed by atoms with Crippen LogP contribution in [0.3, 0.4) is 0 Å². The first-order chi connectivity index (χ1) is 15.0. The lowest BCUT2D eigenvalue weighted by Crippen LogP contribution is -2.36. The summed E-state index contributed by atoms with van der Waals surface area (Å²) in [6.45, 7) is 0.683. The largest absolute Gasteiger partial charge is 0.481 e. The standard InChI is InChI=1S/C25H24N2O4/c28-23(21-17-7-8-18(14-17)22(21)25(30)31)26-19-11-9-16(10-12-19)24(29)27-13-3-5-15-4-1-2-6-20(15)27/h1-2,4,6-12,17-18,21-22H,3,5,13-14H2,(H,26,28)(H,30,31)/t17-,18+,21-,22+/m1/s1. The minimum Gasteiger partial charge on any atom is -0.481 e. The number of benzene rings is 2. The molecule has 5 rings (SSSR count). The van der Waals surface area contributed by atoms with Crippen LogP contribution in [0.15, 0.2) is 60.7 Å². The van der Waals surface area contributed by atoms with E-state index in [1.165, 1.54) is 5.56 Å². The number of para-hydroxylation sites is 1. The number of carbonyl (C=O) groups is 3. The molecule has 1 aliphatic heterocycles. The van der Waals surface area contributed by atoms with E-state index in [9.17, 15) is 19.5 Å². The Kier molecular flexibility index (Phi) is 4.85. The maximum atomic E-state index is 13.1. The van der Waals surface area contributed by atoms with Crippen molar-refractivity contribution in [3.05, 3.63) is 71.8 Å². The molecule has 6 nitrogen and oxygen atoms in total. The van der Waals surface area contributed by atoms with Crippen LogP contribution in [0.25, 0.3) is 0 Å². The van der Waals surface area contributed by atoms with Crippen molar-refractivity contribution in [1.29, 1.82) is 0 Å². The summed E-state index contributed by atoms with van der Waals surface area (Å²) < 4.78 is 0. The number of carboxylic acid groups (broad SMARTS) is 1. The van der Waals surface area contributed by atoms with Gasteiger partial charge in [-0.3, -0.25) is 14.4 Å². The SMILES string of the molecule is O=C(O)[C@@H]1[C@H](C(=O)Nc2ccc(C(=O)N3CCCc4ccccc43)cc2)[C@@H]2C=C[C@H]1C2. The molecule has 0 aromatic heterocycles. The predicted octanol–water partition coefficient (Wildman–Crippen LogP) is 3.74. The molecule has 158 valence electrons. The Hall–Kier alpha value is -3.41. The summed E-state index contributed by atoms with van der Waals surface area (Å²) in [7, 11) is 0. The highest BCUT2D eigenvalue weighted by Crippen LogP contribution is 2.48. The van der Waals surface area contributed by atoms with Crippen molar-refractivity contribution in [1.82, 2.24) is 0 Å². The predicted molar refractivity (Wildman–Crippen MR) is 117 cm³/mol. The summed E-state index contributed by atoms with van der Waals surface area (Å²) in [6.07, 6.45) is 6.51. The van der Waals surface area contributed by atoms with E-state index in [0.29, 0.717) is 17.8 Å². The molecule has 31 heavy (non-hydrogen) atoms. The minimum atomic E-state index is -0.917. The van der Waals surface area contributed by atoms with Crippen molar-refractivity contribution in [3.8, 4) is 0 Å². The Morgan fingerprint density at radius 2 is 1.65 bits per heavy atom. The number of rotatable bonds is 4. The van der Waals surface area contributed by atoms with Crippen LogP contribution in [-0.4, -0.2) is 29.4 Å². The average molecular weight is 416 g/mol. The van der Waals surface area contributed by atoms with Crippen LogP contribution >= 0.6 is 0 Å². The van der Waals surface area contributed by atoms with E-state index in [0.717, 1.165) is 24.9 Å². The second-order valence-corrected chi connectivity index (χ2v) is 8.59. The maximum absolute atomic E-state index is 13.1. The first-order valence-electron chi connectivity index (χ1n) is 10.7. The molecule has 2 bridgehead atoms. The van der Waals surface area contributed by atoms with Gasteiger partial charge in [0.25, 0.3) is 5.91 Å². The van der Waals surface area contributed by atoms with Gasteiger partial charge < -0.3 is 15.3 Å². The molecule has 3 aliphatic rings. The highest BCUT2D eigenvalue weighted by molar-refractivity contribution is 6.07. The number of carboxylic acids is 1. The van der Waals surface area contributed by atoms with Gasteiger partial charge in [-0.05, 0) is 67.0 Å². The molecule has 4 atom stereocenters. The van der Waals surface area contributed by atoms with E-state index in [1.807, 2.05) is 35.3 Å². The second-order valence-electron chi connectivity index (χ2n) is 8.59. The van der Waals surface area contributed by atoms with Crippen LogP contribution in [0.2, 0.25) is 0 Å². The van der Waals surface area contributed by atoms with Crippen molar-refractivity contribution in [2.24, 2.45) is 23.7 Å². The van der Waals surface area contributed by atoms with E-state index >= 15 is 0 Å². The summed E-state index contributed by atoms with van der Waals surface area (Å²) in [6, 6.07) is 14.8. The molecule has 2 aliphatic carbocycles. The van der Waals surface area contributed by atoms with Gasteiger partial charge in [-0.1, -0.05) is 30.4 Å². The zero-order valence-corrected chi connectivity index (χ0v) is 17.0. The summed E-state index contributed by atoms with van der Waals surface area (Å²) in [5.41, 5.74) is 3.26. The lowest BCUT2D eigenvalue weighted by molar-refractivity contribution is -0.146. The molecule has 0 unspecified atom stereocenters. The lowest BCUT2D eigenvalue weighted by atomic mass is 9.82. The highest BCUT2D eigenvalue weighted by Gasteiger charge is 2.51. The van der Waals surface area contributed by atoms with Gasteiger partial charge in [-0.25, -0.2) is 0 Å². The van der Waals surface area contributed by atoms with Gasteiger partial charge in [0.05, 0.1) is 11.8 Å². The number of carbonyl (C=O) groups excluding carboxylic acids is 2. The van der Waals surface area contributed by atoms with Crippen molar-refractivity contribution in [2.75, 3.05) is 16.8 Å². The van der Waals surface area contributed by atoms with Crippen molar-refractivity contribution >= 4 is 29.2 Å². The fraction of sp³-hybridized carbons (Fsp3) is 0.320. The van der Waals surface area contributed by atoms with Crippen LogP contribution in [0.1, 0.15) is 28.8 Å². The molecule has 2 N–H and O–H groups in total. The topological polar surface area (TPSA) is 86.7 Å². The number of allylic oxidation sites excluding steroid dienone is 2. The van der Waals surface area contributed by atoms with Crippen molar-refractivity contribution < 1.29 is 19.5 Å². The molecular weight excluding hydrogens is 392 g/mol. The van der Waals surface area contributed by atoms with Crippen LogP contribution in [0.5, 0.6) is 0 Å². The van der Waals surface area contributed by atoms with E-state index in [2.05, 4.69) is 11.4 Å². The van der Waals surface area contributed by atoms with E-state index in [-0.39, 0.29) is 23.7 Å². The molecule has 2 amide bonds. The lowest BCUT2D eigenvalue weighted by Gasteiger charge is -2.29. The van der Waals surface area contributed by atoms with Gasteiger partial charge in [0.1, 0.15) is 0 Å². The molecule has 2 aromatic carbocycles. The number of nitrogens with zero attached hydrogens (tertiary/aromatic N) is 1. The molecule has 0 saturated heterocycles. The Labute approximate surface area is 180 Å². The van der Waals surface area contributed by atoms with Crippen LogP contribution < -0.4 is 10.2 Å². The van der Waals surface area contributed by atoms with Crippen LogP contribution in [-0.2, 0) is 16.0 Å². The average Bonchev–Trinajstić information content (AvgIpc) is 3.41. The maximum Gasteiger partial charge on any atom is 0.307 e. The number of nitrogens with one attached hydrogen (secondary N) is 1. The van der Waals surface area contributed by atoms with Gasteiger partial charge in [-0.2, -0.15) is 0 Å². The van der Waals surface area contributed by atoms with E-state index in [4.69, 9.17) is 0 Å². The van der Waals surface area contributed by atoms with Crippen LogP contribution in [0, 0.1) is 23.7 Å². The fourth-order valence-corrected chi connectivity index (χ4v) is 5.34. The van der Waals surface area contributed by atoms with Crippen molar-refractivity contribution in [3.63, 3.8) is 0 Å². The third-order valence-electron chi connectivity index (χ3n) is 6.80. The normalized spacial score (nSPS) is 25.9. The molecule has 2 aromatic rings. The Bertz CT molecular complexity index is 1080. The third-order valence-corrected chi connectivity index (χ3v) is 6.80. The number of amides is 2. The molecule has 0 radical (unpaired) electrons. The summed E-state index contributed by atoms with van der Waals surface area (Å²) in [5, 5.41) is 12.4. The van der Waals surface area contributed by atoms with Crippen molar-refractivity contribution in [2.45, 2.75) is 19.3 Å². The molecule has 1 saturated carbocycles. The molecular formula is C25H24N2O4. The smallest absolute Gasteiger partial charge is 0.307 e. The van der Waals surface area contributed by atoms with Crippen LogP contribution in [0.4, 0.5) is 11.4 Å². The molecule has 6 heteroatoms. The molecule has 1 heterocycles. The number of anilines is 2. The van der Waals surface area contributed by atoms with E-state index in [1.54, 1.807) is 24.3 Å². The quantitative estimate of drug-likeness (QED) is 0.744. The van der Waals surface area contributed by atoms with E-state index < -0.39 is 17.8 Å². The number of hydrogen-bond donors (Lipinski definition) is 2. The molecule has 0 spiro atoms. The molecule has 1 fully saturated rings. The zero-order chi connectivity index (χ0) is 21.5. The minimum absolute atomic E-state index is 0.0221. The monoisotopic (exact) mass is 416 g/mol. The summed E-state index contributed by atoms with van der Waals surface area (Å²) in [4.78, 5) is 39.4. The van der Waals surface area contributed by atoms with Gasteiger partial charge in [0.2, 0.25) is 5.91 Å². The zero-order valence-electron chi connectivity index (χ0n) is 17.0. The number of fused-ring (bicyclic) bond motifs is 3. The van der Waals surface area contributed by atoms with Gasteiger partial charge in [0.15, 0.2) is 0 Å². The highest BCUT2D eigenvalue weighted by atomic mass is 16.4. The Balaban J connectivity index is 1.30. The number of hydrogen-bond acceptors (Lipinski definition) is 3. The van der Waals surface area contributed by atoms with Gasteiger partial charge in [0, 0.05) is 23.5 Å². The third kappa shape index (κ3) is 3.42. The summed E-state index contributed by atoms with van der Waals surface area (Å²) in [5.74, 6) is -2.56. The number of aryl methyl sites for hydroxylation is 1. The Morgan fingerprint density at radius 1 is 0.935 bits per heavy atom. The second kappa shape index (κ2) is 7.69.